The van der Waals surface area contributed by atoms with Crippen molar-refractivity contribution in [3.05, 3.63) is 36.0 Å². The van der Waals surface area contributed by atoms with Crippen LogP contribution in [0.5, 0.6) is 0 Å². The summed E-state index contributed by atoms with van der Waals surface area (Å²) < 4.78 is 2.37. The normalized spacial score (nSPS) is 11.6. The van der Waals surface area contributed by atoms with Gasteiger partial charge in [-0.3, -0.25) is 0 Å². The Morgan fingerprint density at radius 3 is 2.78 bits per heavy atom. The molecule has 0 fully saturated rings. The molecule has 2 heteroatoms. The molecular formula is C16H24N2. The van der Waals surface area contributed by atoms with Crippen LogP contribution >= 0.6 is 0 Å². The Hall–Kier alpha value is -1.28. The van der Waals surface area contributed by atoms with E-state index in [0.29, 0.717) is 0 Å². The molecule has 1 aromatic carbocycles. The molecule has 2 aromatic rings. The summed E-state index contributed by atoms with van der Waals surface area (Å²) in [5.74, 6) is 0.760. The van der Waals surface area contributed by atoms with E-state index in [4.69, 9.17) is 0 Å². The molecule has 1 heterocycles. The molecule has 0 amide bonds. The second-order valence-corrected chi connectivity index (χ2v) is 5.37. The van der Waals surface area contributed by atoms with E-state index in [1.807, 2.05) is 0 Å². The second kappa shape index (κ2) is 6.05. The van der Waals surface area contributed by atoms with Gasteiger partial charge in [0.15, 0.2) is 0 Å². The Morgan fingerprint density at radius 1 is 1.22 bits per heavy atom. The average molecular weight is 244 g/mol. The van der Waals surface area contributed by atoms with Crippen LogP contribution in [0.3, 0.4) is 0 Å². The monoisotopic (exact) mass is 244 g/mol. The lowest BCUT2D eigenvalue weighted by molar-refractivity contribution is 0.524. The maximum Gasteiger partial charge on any atom is 0.0480 e. The van der Waals surface area contributed by atoms with E-state index in [9.17, 15) is 0 Å². The van der Waals surface area contributed by atoms with Crippen molar-refractivity contribution in [2.24, 2.45) is 5.92 Å². The Balaban J connectivity index is 2.15. The van der Waals surface area contributed by atoms with Crippen LogP contribution in [0.1, 0.15) is 32.8 Å². The summed E-state index contributed by atoms with van der Waals surface area (Å²) in [7, 11) is 0. The number of rotatable bonds is 6. The average Bonchev–Trinajstić information content (AvgIpc) is 2.76. The lowest BCUT2D eigenvalue weighted by atomic mass is 10.1. The number of hydrogen-bond donors (Lipinski definition) is 1. The van der Waals surface area contributed by atoms with Crippen molar-refractivity contribution >= 4 is 10.9 Å². The summed E-state index contributed by atoms with van der Waals surface area (Å²) in [5.41, 5.74) is 2.72. The van der Waals surface area contributed by atoms with E-state index in [1.54, 1.807) is 0 Å². The number of aryl methyl sites for hydroxylation is 1. The maximum absolute atomic E-state index is 3.37. The SMILES string of the molecule is CCNCc1ccc2c(ccn2CCC(C)C)c1. The third-order valence-electron chi connectivity index (χ3n) is 3.36. The Bertz CT molecular complexity index is 497. The summed E-state index contributed by atoms with van der Waals surface area (Å²) in [4.78, 5) is 0. The van der Waals surface area contributed by atoms with Crippen LogP contribution in [0, 0.1) is 5.92 Å². The van der Waals surface area contributed by atoms with Crippen LogP contribution in [0.15, 0.2) is 30.5 Å². The highest BCUT2D eigenvalue weighted by atomic mass is 14.9. The molecule has 0 radical (unpaired) electrons. The first kappa shape index (κ1) is 13.2. The molecule has 0 bridgehead atoms. The first-order valence-electron chi connectivity index (χ1n) is 6.99. The third kappa shape index (κ3) is 3.14. The summed E-state index contributed by atoms with van der Waals surface area (Å²) in [6.45, 7) is 9.80. The predicted octanol–water partition coefficient (Wildman–Crippen LogP) is 3.80. The van der Waals surface area contributed by atoms with Gasteiger partial charge in [0.05, 0.1) is 0 Å². The van der Waals surface area contributed by atoms with Crippen molar-refractivity contribution in [3.8, 4) is 0 Å². The fourth-order valence-electron chi connectivity index (χ4n) is 2.22. The van der Waals surface area contributed by atoms with Crippen molar-refractivity contribution in [2.75, 3.05) is 6.54 Å². The molecule has 0 aliphatic rings. The molecule has 1 aromatic heterocycles. The number of hydrogen-bond acceptors (Lipinski definition) is 1. The Morgan fingerprint density at radius 2 is 2.06 bits per heavy atom. The van der Waals surface area contributed by atoms with Crippen LogP contribution < -0.4 is 5.32 Å². The van der Waals surface area contributed by atoms with Gasteiger partial charge in [0.2, 0.25) is 0 Å². The molecule has 0 saturated heterocycles. The van der Waals surface area contributed by atoms with E-state index < -0.39 is 0 Å². The minimum Gasteiger partial charge on any atom is -0.347 e. The van der Waals surface area contributed by atoms with Crippen LogP contribution in [0.4, 0.5) is 0 Å². The predicted molar refractivity (Wildman–Crippen MR) is 78.8 cm³/mol. The highest BCUT2D eigenvalue weighted by Gasteiger charge is 2.03. The van der Waals surface area contributed by atoms with E-state index >= 15 is 0 Å². The van der Waals surface area contributed by atoms with Gasteiger partial charge >= 0.3 is 0 Å². The largest absolute Gasteiger partial charge is 0.347 e. The summed E-state index contributed by atoms with van der Waals surface area (Å²) in [6.07, 6.45) is 3.45. The van der Waals surface area contributed by atoms with Crippen molar-refractivity contribution in [2.45, 2.75) is 40.3 Å². The van der Waals surface area contributed by atoms with E-state index in [2.05, 4.69) is 61.1 Å². The van der Waals surface area contributed by atoms with E-state index in [0.717, 1.165) is 25.6 Å². The first-order valence-corrected chi connectivity index (χ1v) is 6.99. The molecule has 0 unspecified atom stereocenters. The zero-order chi connectivity index (χ0) is 13.0. The molecule has 18 heavy (non-hydrogen) atoms. The molecular weight excluding hydrogens is 220 g/mol. The lowest BCUT2D eigenvalue weighted by Crippen LogP contribution is -2.11. The van der Waals surface area contributed by atoms with Gasteiger partial charge in [0.25, 0.3) is 0 Å². The number of benzene rings is 1. The van der Waals surface area contributed by atoms with Gasteiger partial charge in [-0.15, -0.1) is 0 Å². The van der Waals surface area contributed by atoms with Gasteiger partial charge in [-0.05, 0) is 48.0 Å². The van der Waals surface area contributed by atoms with Gasteiger partial charge in [-0.2, -0.15) is 0 Å². The first-order chi connectivity index (χ1) is 8.70. The summed E-state index contributed by atoms with van der Waals surface area (Å²) in [6, 6.07) is 9.01. The second-order valence-electron chi connectivity index (χ2n) is 5.37. The molecule has 0 spiro atoms. The smallest absolute Gasteiger partial charge is 0.0480 e. The minimum atomic E-state index is 0.760. The van der Waals surface area contributed by atoms with Gasteiger partial charge in [-0.1, -0.05) is 26.8 Å². The standard InChI is InChI=1S/C16H24N2/c1-4-17-12-14-5-6-16-15(11-14)8-10-18(16)9-7-13(2)3/h5-6,8,10-11,13,17H,4,7,9,12H2,1-3H3. The molecule has 0 aliphatic heterocycles. The molecule has 1 N–H and O–H groups in total. The number of nitrogens with one attached hydrogen (secondary N) is 1. The molecule has 98 valence electrons. The van der Waals surface area contributed by atoms with Gasteiger partial charge < -0.3 is 9.88 Å². The van der Waals surface area contributed by atoms with Crippen molar-refractivity contribution in [1.29, 1.82) is 0 Å². The van der Waals surface area contributed by atoms with Gasteiger partial charge in [0, 0.05) is 24.8 Å². The summed E-state index contributed by atoms with van der Waals surface area (Å²) >= 11 is 0. The lowest BCUT2D eigenvalue weighted by Gasteiger charge is -2.08. The van der Waals surface area contributed by atoms with Crippen LogP contribution in [-0.2, 0) is 13.1 Å². The fourth-order valence-corrected chi connectivity index (χ4v) is 2.22. The van der Waals surface area contributed by atoms with Crippen molar-refractivity contribution in [1.82, 2.24) is 9.88 Å². The van der Waals surface area contributed by atoms with Crippen LogP contribution in [0.25, 0.3) is 10.9 Å². The molecule has 0 saturated carbocycles. The Kier molecular flexibility index (Phi) is 4.43. The molecule has 0 atom stereocenters. The Labute approximate surface area is 110 Å². The highest BCUT2D eigenvalue weighted by Crippen LogP contribution is 2.19. The number of nitrogens with zero attached hydrogens (tertiary/aromatic N) is 1. The zero-order valence-electron chi connectivity index (χ0n) is 11.7. The van der Waals surface area contributed by atoms with Crippen molar-refractivity contribution < 1.29 is 0 Å². The minimum absolute atomic E-state index is 0.760. The molecule has 2 rings (SSSR count). The third-order valence-corrected chi connectivity index (χ3v) is 3.36. The van der Waals surface area contributed by atoms with Crippen LogP contribution in [-0.4, -0.2) is 11.1 Å². The van der Waals surface area contributed by atoms with Gasteiger partial charge in [0.1, 0.15) is 0 Å². The molecule has 0 aliphatic carbocycles. The maximum atomic E-state index is 3.37. The number of fused-ring (bicyclic) bond motifs is 1. The number of aromatic nitrogens is 1. The van der Waals surface area contributed by atoms with E-state index in [-0.39, 0.29) is 0 Å². The van der Waals surface area contributed by atoms with E-state index in [1.165, 1.54) is 22.9 Å². The fraction of sp³-hybridized carbons (Fsp3) is 0.500. The van der Waals surface area contributed by atoms with Crippen molar-refractivity contribution in [3.63, 3.8) is 0 Å². The quantitative estimate of drug-likeness (QED) is 0.818. The van der Waals surface area contributed by atoms with Gasteiger partial charge in [-0.25, -0.2) is 0 Å². The topological polar surface area (TPSA) is 17.0 Å². The molecule has 2 nitrogen and oxygen atoms in total. The zero-order valence-corrected chi connectivity index (χ0v) is 11.7. The summed E-state index contributed by atoms with van der Waals surface area (Å²) in [5, 5.41) is 4.73. The highest BCUT2D eigenvalue weighted by molar-refractivity contribution is 5.80. The van der Waals surface area contributed by atoms with Crippen LogP contribution in [0.2, 0.25) is 0 Å².